The van der Waals surface area contributed by atoms with Crippen molar-refractivity contribution in [1.82, 2.24) is 10.2 Å². The van der Waals surface area contributed by atoms with E-state index in [1.807, 2.05) is 36.9 Å². The first-order valence-corrected chi connectivity index (χ1v) is 7.62. The van der Waals surface area contributed by atoms with Crippen LogP contribution in [0.25, 0.3) is 0 Å². The van der Waals surface area contributed by atoms with Gasteiger partial charge >= 0.3 is 0 Å². The molecule has 1 aliphatic rings. The molecular formula is C15H19BrN2O2. The van der Waals surface area contributed by atoms with E-state index in [1.54, 1.807) is 0 Å². The number of likely N-dealkylation sites (tertiary alicyclic amines) is 1. The normalized spacial score (nSPS) is 16.4. The second kappa shape index (κ2) is 6.39. The molecule has 2 rings (SSSR count). The Hall–Kier alpha value is -1.36. The quantitative estimate of drug-likeness (QED) is 0.916. The van der Waals surface area contributed by atoms with E-state index in [0.717, 1.165) is 23.0 Å². The largest absolute Gasteiger partial charge is 0.348 e. The zero-order chi connectivity index (χ0) is 14.7. The molecule has 0 saturated carbocycles. The fourth-order valence-corrected chi connectivity index (χ4v) is 2.79. The maximum Gasteiger partial charge on any atom is 0.251 e. The van der Waals surface area contributed by atoms with Crippen molar-refractivity contribution in [2.45, 2.75) is 32.7 Å². The average Bonchev–Trinajstić information content (AvgIpc) is 2.78. The number of carbonyl (C=O) groups is 2. The summed E-state index contributed by atoms with van der Waals surface area (Å²) in [4.78, 5) is 25.6. The Morgan fingerprint density at radius 1 is 1.50 bits per heavy atom. The molecule has 0 unspecified atom stereocenters. The third kappa shape index (κ3) is 3.39. The van der Waals surface area contributed by atoms with Crippen LogP contribution in [-0.4, -0.2) is 35.8 Å². The second-order valence-corrected chi connectivity index (χ2v) is 6.08. The third-order valence-electron chi connectivity index (χ3n) is 3.56. The number of rotatable bonds is 4. The van der Waals surface area contributed by atoms with Gasteiger partial charge in [-0.15, -0.1) is 0 Å². The van der Waals surface area contributed by atoms with E-state index in [4.69, 9.17) is 0 Å². The van der Waals surface area contributed by atoms with E-state index >= 15 is 0 Å². The van der Waals surface area contributed by atoms with Crippen LogP contribution in [0.5, 0.6) is 0 Å². The minimum Gasteiger partial charge on any atom is -0.348 e. The number of halogens is 1. The molecule has 1 heterocycles. The number of carbonyl (C=O) groups excluding carboxylic acids is 2. The maximum absolute atomic E-state index is 12.2. The first-order chi connectivity index (χ1) is 9.49. The first kappa shape index (κ1) is 15.0. The number of amides is 2. The first-order valence-electron chi connectivity index (χ1n) is 6.83. The highest BCUT2D eigenvalue weighted by Crippen LogP contribution is 2.19. The van der Waals surface area contributed by atoms with Crippen molar-refractivity contribution in [3.8, 4) is 0 Å². The Kier molecular flexibility index (Phi) is 4.81. The van der Waals surface area contributed by atoms with Crippen molar-refractivity contribution in [3.05, 3.63) is 33.8 Å². The molecule has 1 atom stereocenters. The Labute approximate surface area is 127 Å². The van der Waals surface area contributed by atoms with Gasteiger partial charge in [0.05, 0.1) is 0 Å². The summed E-state index contributed by atoms with van der Waals surface area (Å²) in [5.41, 5.74) is 1.59. The van der Waals surface area contributed by atoms with Crippen LogP contribution in [0.1, 0.15) is 35.7 Å². The number of hydrogen-bond donors (Lipinski definition) is 1. The molecule has 1 aromatic rings. The van der Waals surface area contributed by atoms with Gasteiger partial charge < -0.3 is 10.2 Å². The third-order valence-corrected chi connectivity index (χ3v) is 4.41. The van der Waals surface area contributed by atoms with Gasteiger partial charge in [0, 0.05) is 35.6 Å². The van der Waals surface area contributed by atoms with Crippen LogP contribution in [0.3, 0.4) is 0 Å². The maximum atomic E-state index is 12.2. The van der Waals surface area contributed by atoms with Crippen LogP contribution in [0.4, 0.5) is 0 Å². The van der Waals surface area contributed by atoms with Gasteiger partial charge in [-0.2, -0.15) is 0 Å². The van der Waals surface area contributed by atoms with Gasteiger partial charge in [0.25, 0.3) is 5.91 Å². The van der Waals surface area contributed by atoms with Gasteiger partial charge in [-0.05, 0) is 38.0 Å². The summed E-state index contributed by atoms with van der Waals surface area (Å²) in [5, 5.41) is 2.96. The highest BCUT2D eigenvalue weighted by molar-refractivity contribution is 9.10. The van der Waals surface area contributed by atoms with Crippen molar-refractivity contribution < 1.29 is 9.59 Å². The summed E-state index contributed by atoms with van der Waals surface area (Å²) < 4.78 is 0.924. The minimum absolute atomic E-state index is 0.0528. The molecule has 0 aromatic heterocycles. The lowest BCUT2D eigenvalue weighted by Crippen LogP contribution is -2.42. The topological polar surface area (TPSA) is 49.4 Å². The molecule has 1 fully saturated rings. The van der Waals surface area contributed by atoms with Crippen LogP contribution in [0.2, 0.25) is 0 Å². The average molecular weight is 339 g/mol. The van der Waals surface area contributed by atoms with Gasteiger partial charge in [-0.3, -0.25) is 9.59 Å². The molecule has 4 nitrogen and oxygen atoms in total. The number of benzene rings is 1. The van der Waals surface area contributed by atoms with Gasteiger partial charge in [0.2, 0.25) is 5.91 Å². The Bertz CT molecular complexity index is 531. The molecule has 20 heavy (non-hydrogen) atoms. The molecular weight excluding hydrogens is 320 g/mol. The molecule has 0 spiro atoms. The van der Waals surface area contributed by atoms with Gasteiger partial charge in [0.15, 0.2) is 0 Å². The zero-order valence-corrected chi connectivity index (χ0v) is 13.4. The molecule has 1 aromatic carbocycles. The molecule has 0 bridgehead atoms. The van der Waals surface area contributed by atoms with E-state index in [9.17, 15) is 9.59 Å². The van der Waals surface area contributed by atoms with Gasteiger partial charge in [-0.1, -0.05) is 22.0 Å². The van der Waals surface area contributed by atoms with Crippen molar-refractivity contribution in [3.63, 3.8) is 0 Å². The van der Waals surface area contributed by atoms with Crippen LogP contribution < -0.4 is 5.32 Å². The molecule has 1 saturated heterocycles. The number of hydrogen-bond acceptors (Lipinski definition) is 2. The predicted octanol–water partition coefficient (Wildman–Crippen LogP) is 2.50. The standard InChI is InChI=1S/C15H19BrN2O2/c1-10(9-18-8-4-7-14(18)19)17-15(20)12-5-3-6-13(16)11(12)2/h3,5-6,10H,4,7-9H2,1-2H3,(H,17,20)/t10-/m0/s1. The fourth-order valence-electron chi connectivity index (χ4n) is 2.43. The van der Waals surface area contributed by atoms with Gasteiger partial charge in [0.1, 0.15) is 0 Å². The summed E-state index contributed by atoms with van der Waals surface area (Å²) >= 11 is 3.43. The number of nitrogens with zero attached hydrogens (tertiary/aromatic N) is 1. The zero-order valence-electron chi connectivity index (χ0n) is 11.8. The molecule has 0 aliphatic carbocycles. The highest BCUT2D eigenvalue weighted by Gasteiger charge is 2.22. The van der Waals surface area contributed by atoms with E-state index in [1.165, 1.54) is 0 Å². The second-order valence-electron chi connectivity index (χ2n) is 5.23. The van der Waals surface area contributed by atoms with Crippen molar-refractivity contribution >= 4 is 27.7 Å². The van der Waals surface area contributed by atoms with E-state index < -0.39 is 0 Å². The summed E-state index contributed by atoms with van der Waals surface area (Å²) in [6, 6.07) is 5.52. The summed E-state index contributed by atoms with van der Waals surface area (Å²) in [6.07, 6.45) is 1.55. The molecule has 108 valence electrons. The van der Waals surface area contributed by atoms with Gasteiger partial charge in [-0.25, -0.2) is 0 Å². The Morgan fingerprint density at radius 2 is 2.25 bits per heavy atom. The van der Waals surface area contributed by atoms with E-state index in [2.05, 4.69) is 21.2 Å². The molecule has 2 amide bonds. The summed E-state index contributed by atoms with van der Waals surface area (Å²) in [6.45, 7) is 5.22. The summed E-state index contributed by atoms with van der Waals surface area (Å²) in [5.74, 6) is 0.0904. The lowest BCUT2D eigenvalue weighted by atomic mass is 10.1. The predicted molar refractivity (Wildman–Crippen MR) is 81.6 cm³/mol. The minimum atomic E-state index is -0.0945. The molecule has 1 aliphatic heterocycles. The van der Waals surface area contributed by atoms with Crippen molar-refractivity contribution in [2.24, 2.45) is 0 Å². The Balaban J connectivity index is 1.97. The number of nitrogens with one attached hydrogen (secondary N) is 1. The Morgan fingerprint density at radius 3 is 2.90 bits per heavy atom. The van der Waals surface area contributed by atoms with Crippen LogP contribution in [-0.2, 0) is 4.79 Å². The van der Waals surface area contributed by atoms with Crippen LogP contribution in [0.15, 0.2) is 22.7 Å². The molecule has 1 N–H and O–H groups in total. The SMILES string of the molecule is Cc1c(Br)cccc1C(=O)N[C@@H](C)CN1CCCC1=O. The van der Waals surface area contributed by atoms with E-state index in [0.29, 0.717) is 18.5 Å². The van der Waals surface area contributed by atoms with Crippen LogP contribution >= 0.6 is 15.9 Å². The van der Waals surface area contributed by atoms with Crippen LogP contribution in [0, 0.1) is 6.92 Å². The smallest absolute Gasteiger partial charge is 0.251 e. The monoisotopic (exact) mass is 338 g/mol. The van der Waals surface area contributed by atoms with E-state index in [-0.39, 0.29) is 17.9 Å². The summed E-state index contributed by atoms with van der Waals surface area (Å²) in [7, 11) is 0. The molecule has 0 radical (unpaired) electrons. The van der Waals surface area contributed by atoms with Crippen molar-refractivity contribution in [2.75, 3.05) is 13.1 Å². The lowest BCUT2D eigenvalue weighted by molar-refractivity contribution is -0.127. The highest BCUT2D eigenvalue weighted by atomic mass is 79.9. The lowest BCUT2D eigenvalue weighted by Gasteiger charge is -2.22. The fraction of sp³-hybridized carbons (Fsp3) is 0.467. The van der Waals surface area contributed by atoms with Crippen molar-refractivity contribution in [1.29, 1.82) is 0 Å². The molecule has 5 heteroatoms.